The van der Waals surface area contributed by atoms with E-state index in [0.717, 1.165) is 11.1 Å². The van der Waals surface area contributed by atoms with Crippen LogP contribution in [-0.4, -0.2) is 42.0 Å². The molecule has 0 saturated heterocycles. The second-order valence-electron chi connectivity index (χ2n) is 11.2. The predicted octanol–water partition coefficient (Wildman–Crippen LogP) is 5.38. The Morgan fingerprint density at radius 3 is 2.48 bits per heavy atom. The van der Waals surface area contributed by atoms with Crippen LogP contribution in [0, 0.1) is 6.92 Å². The van der Waals surface area contributed by atoms with Gasteiger partial charge < -0.3 is 30.0 Å². The van der Waals surface area contributed by atoms with Gasteiger partial charge in [0.15, 0.2) is 17.6 Å². The summed E-state index contributed by atoms with van der Waals surface area (Å²) in [5.41, 5.74) is 1.85. The number of aliphatic hydroxyl groups excluding tert-OH is 1. The highest BCUT2D eigenvalue weighted by Crippen LogP contribution is 2.52. The average Bonchev–Trinajstić information content (AvgIpc) is 3.72. The first-order chi connectivity index (χ1) is 20.7. The van der Waals surface area contributed by atoms with Crippen LogP contribution in [0.15, 0.2) is 60.7 Å². The summed E-state index contributed by atoms with van der Waals surface area (Å²) in [4.78, 5) is 26.3. The van der Waals surface area contributed by atoms with Crippen LogP contribution >= 0.6 is 0 Å². The molecule has 44 heavy (non-hydrogen) atoms. The number of aliphatic hydroxyl groups is 1. The number of fused-ring (bicyclic) bond motifs is 2. The van der Waals surface area contributed by atoms with E-state index in [4.69, 9.17) is 4.74 Å². The van der Waals surface area contributed by atoms with E-state index in [-0.39, 0.29) is 29.4 Å². The van der Waals surface area contributed by atoms with Gasteiger partial charge in [0.25, 0.3) is 5.91 Å². The Morgan fingerprint density at radius 1 is 1.00 bits per heavy atom. The summed E-state index contributed by atoms with van der Waals surface area (Å²) in [6.07, 6.45) is -10.7. The van der Waals surface area contributed by atoms with Gasteiger partial charge >= 0.3 is 12.5 Å². The fraction of sp³-hybridized carbons (Fsp3) is 0.355. The molecule has 3 aliphatic rings. The third kappa shape index (κ3) is 5.75. The maximum atomic E-state index is 13.8. The Bertz CT molecular complexity index is 1620. The first kappa shape index (κ1) is 29.7. The maximum absolute atomic E-state index is 13.8. The molecule has 1 fully saturated rings. The van der Waals surface area contributed by atoms with Crippen LogP contribution in [0.3, 0.4) is 0 Å². The lowest BCUT2D eigenvalue weighted by Gasteiger charge is -2.34. The van der Waals surface area contributed by atoms with Crippen LogP contribution in [0.1, 0.15) is 64.0 Å². The molecule has 2 amide bonds. The molecule has 2 heterocycles. The van der Waals surface area contributed by atoms with Gasteiger partial charge in [-0.05, 0) is 66.8 Å². The number of ether oxygens (including phenoxy) is 3. The van der Waals surface area contributed by atoms with E-state index in [9.17, 15) is 36.6 Å². The van der Waals surface area contributed by atoms with Crippen LogP contribution in [-0.2, 0) is 10.2 Å². The molecular formula is C31H27F5N2O6. The summed E-state index contributed by atoms with van der Waals surface area (Å²) in [6, 6.07) is 15.5. The van der Waals surface area contributed by atoms with Gasteiger partial charge in [-0.2, -0.15) is 13.2 Å². The fourth-order valence-corrected chi connectivity index (χ4v) is 5.52. The molecule has 3 N–H and O–H groups in total. The largest absolute Gasteiger partial charge is 0.586 e. The van der Waals surface area contributed by atoms with Crippen molar-refractivity contribution in [3.8, 4) is 17.2 Å². The molecule has 8 nitrogen and oxygen atoms in total. The van der Waals surface area contributed by atoms with E-state index < -0.39 is 48.6 Å². The zero-order chi connectivity index (χ0) is 31.4. The molecule has 0 aromatic heterocycles. The van der Waals surface area contributed by atoms with Crippen molar-refractivity contribution in [3.05, 3.63) is 88.5 Å². The Kier molecular flexibility index (Phi) is 7.18. The molecular weight excluding hydrogens is 591 g/mol. The van der Waals surface area contributed by atoms with Crippen molar-refractivity contribution in [2.45, 2.75) is 62.3 Å². The maximum Gasteiger partial charge on any atom is 0.586 e. The van der Waals surface area contributed by atoms with E-state index in [1.165, 1.54) is 24.3 Å². The number of hydrogen-bond donors (Lipinski definition) is 3. The van der Waals surface area contributed by atoms with Crippen molar-refractivity contribution in [3.63, 3.8) is 0 Å². The highest BCUT2D eigenvalue weighted by atomic mass is 19.4. The average molecular weight is 619 g/mol. The predicted molar refractivity (Wildman–Crippen MR) is 144 cm³/mol. The first-order valence-electron chi connectivity index (χ1n) is 13.9. The smallest absolute Gasteiger partial charge is 0.485 e. The van der Waals surface area contributed by atoms with Gasteiger partial charge in [0, 0.05) is 17.5 Å². The van der Waals surface area contributed by atoms with Gasteiger partial charge in [0.05, 0.1) is 18.0 Å². The molecule has 1 aliphatic carbocycles. The molecule has 0 bridgehead atoms. The molecule has 13 heteroatoms. The van der Waals surface area contributed by atoms with Crippen LogP contribution < -0.4 is 24.8 Å². The van der Waals surface area contributed by atoms with Crippen molar-refractivity contribution >= 4 is 11.8 Å². The van der Waals surface area contributed by atoms with Gasteiger partial charge in [-0.25, -0.2) is 0 Å². The Morgan fingerprint density at radius 2 is 1.75 bits per heavy atom. The van der Waals surface area contributed by atoms with E-state index in [0.29, 0.717) is 29.7 Å². The molecule has 0 radical (unpaired) electrons. The number of rotatable bonds is 7. The summed E-state index contributed by atoms with van der Waals surface area (Å²) >= 11 is 0. The number of hydrogen-bond acceptors (Lipinski definition) is 6. The number of carbonyl (C=O) groups excluding carboxylic acids is 2. The summed E-state index contributed by atoms with van der Waals surface area (Å²) < 4.78 is 80.4. The zero-order valence-corrected chi connectivity index (χ0v) is 23.2. The topological polar surface area (TPSA) is 106 Å². The minimum Gasteiger partial charge on any atom is -0.485 e. The van der Waals surface area contributed by atoms with Crippen molar-refractivity contribution in [1.82, 2.24) is 10.6 Å². The second kappa shape index (κ2) is 10.7. The molecule has 1 unspecified atom stereocenters. The van der Waals surface area contributed by atoms with E-state index in [2.05, 4.69) is 20.1 Å². The summed E-state index contributed by atoms with van der Waals surface area (Å²) in [6.45, 7) is 0.879. The Labute approximate surface area is 248 Å². The van der Waals surface area contributed by atoms with E-state index in [1.54, 1.807) is 18.2 Å². The van der Waals surface area contributed by atoms with Crippen LogP contribution in [0.5, 0.6) is 17.2 Å². The van der Waals surface area contributed by atoms with Crippen molar-refractivity contribution in [2.75, 3.05) is 6.54 Å². The SMILES string of the molecule is Cc1ccc2c(c1)O[C@@H](c1cccc(C(=O)NCC(O)C(F)(F)F)c1)C[C@H]2NC(=O)C1(c2ccc3c(c2)OC(F)(F)O3)CC1. The van der Waals surface area contributed by atoms with Gasteiger partial charge in [-0.15, -0.1) is 8.78 Å². The second-order valence-corrected chi connectivity index (χ2v) is 11.2. The number of alkyl halides is 5. The Hall–Kier alpha value is -4.39. The summed E-state index contributed by atoms with van der Waals surface area (Å²) in [5, 5.41) is 14.4. The highest BCUT2D eigenvalue weighted by molar-refractivity contribution is 5.94. The zero-order valence-electron chi connectivity index (χ0n) is 23.2. The molecule has 3 atom stereocenters. The van der Waals surface area contributed by atoms with Crippen LogP contribution in [0.2, 0.25) is 0 Å². The number of benzene rings is 3. The molecule has 232 valence electrons. The van der Waals surface area contributed by atoms with Crippen LogP contribution in [0.4, 0.5) is 22.0 Å². The third-order valence-corrected chi connectivity index (χ3v) is 8.06. The highest BCUT2D eigenvalue weighted by Gasteiger charge is 2.53. The minimum atomic E-state index is -4.87. The quantitative estimate of drug-likeness (QED) is 0.307. The minimum absolute atomic E-state index is 0.0708. The lowest BCUT2D eigenvalue weighted by Crippen LogP contribution is -2.40. The fourth-order valence-electron chi connectivity index (χ4n) is 5.52. The number of halogens is 5. The Balaban J connectivity index is 1.22. The molecule has 3 aromatic carbocycles. The lowest BCUT2D eigenvalue weighted by atomic mass is 9.89. The molecule has 2 aliphatic heterocycles. The summed E-state index contributed by atoms with van der Waals surface area (Å²) in [5.74, 6) is -0.833. The number of carbonyl (C=O) groups is 2. The van der Waals surface area contributed by atoms with Gasteiger partial charge in [0.2, 0.25) is 5.91 Å². The van der Waals surface area contributed by atoms with Crippen molar-refractivity contribution in [2.24, 2.45) is 0 Å². The van der Waals surface area contributed by atoms with Crippen molar-refractivity contribution < 1.29 is 50.9 Å². The van der Waals surface area contributed by atoms with Gasteiger partial charge in [0.1, 0.15) is 11.9 Å². The normalized spacial score (nSPS) is 21.4. The van der Waals surface area contributed by atoms with Crippen LogP contribution in [0.25, 0.3) is 0 Å². The van der Waals surface area contributed by atoms with E-state index in [1.807, 2.05) is 25.1 Å². The molecule has 0 spiro atoms. The van der Waals surface area contributed by atoms with Crippen molar-refractivity contribution in [1.29, 1.82) is 0 Å². The number of amides is 2. The van der Waals surface area contributed by atoms with Gasteiger partial charge in [-0.1, -0.05) is 30.3 Å². The third-order valence-electron chi connectivity index (χ3n) is 8.06. The molecule has 6 rings (SSSR count). The summed E-state index contributed by atoms with van der Waals surface area (Å²) in [7, 11) is 0. The van der Waals surface area contributed by atoms with Gasteiger partial charge in [-0.3, -0.25) is 9.59 Å². The molecule has 1 saturated carbocycles. The monoisotopic (exact) mass is 618 g/mol. The molecule has 3 aromatic rings. The number of aryl methyl sites for hydroxylation is 1. The van der Waals surface area contributed by atoms with E-state index >= 15 is 0 Å². The number of nitrogens with one attached hydrogen (secondary N) is 2. The standard InChI is InChI=1S/C31H27F5N2O6/c1-16-5-7-20-21(38-28(41)29(9-10-29)19-6-8-22-25(13-19)44-31(35,36)43-22)14-23(42-24(20)11-16)17-3-2-4-18(12-17)27(40)37-15-26(39)30(32,33)34/h2-8,11-13,21,23,26,39H,9-10,14-15H2,1H3,(H,37,40)(H,38,41)/t21-,23-,26?/m1/s1. The lowest BCUT2D eigenvalue weighted by molar-refractivity contribution is -0.286. The first-order valence-corrected chi connectivity index (χ1v) is 13.9.